The van der Waals surface area contributed by atoms with Gasteiger partial charge >= 0.3 is 0 Å². The summed E-state index contributed by atoms with van der Waals surface area (Å²) in [5.74, 6) is 0. The zero-order valence-corrected chi connectivity index (χ0v) is 23.4. The fourth-order valence-corrected chi connectivity index (χ4v) is 7.86. The summed E-state index contributed by atoms with van der Waals surface area (Å²) in [5.41, 5.74) is 10.9. The molecule has 4 aromatic rings. The molecule has 168 valence electrons. The van der Waals surface area contributed by atoms with Crippen molar-refractivity contribution >= 4 is 33.5 Å². The van der Waals surface area contributed by atoms with Gasteiger partial charge in [-0.15, -0.1) is 0 Å². The molecule has 0 fully saturated rings. The van der Waals surface area contributed by atoms with Gasteiger partial charge in [-0.3, -0.25) is 0 Å². The molecule has 0 N–H and O–H groups in total. The van der Waals surface area contributed by atoms with Gasteiger partial charge < -0.3 is 0 Å². The lowest BCUT2D eigenvalue weighted by Crippen LogP contribution is -2.12. The van der Waals surface area contributed by atoms with Gasteiger partial charge in [-0.05, 0) is 106 Å². The molecule has 0 atom stereocenters. The zero-order chi connectivity index (χ0) is 23.7. The van der Waals surface area contributed by atoms with Crippen LogP contribution < -0.4 is 0 Å². The summed E-state index contributed by atoms with van der Waals surface area (Å²) in [4.78, 5) is 4.34. The normalized spacial score (nSPS) is 11.3. The molecule has 0 saturated heterocycles. The highest BCUT2D eigenvalue weighted by atomic mass is 127. The first-order valence-electron chi connectivity index (χ1n) is 11.5. The second-order valence-electron chi connectivity index (χ2n) is 9.21. The molecule has 0 aliphatic heterocycles. The lowest BCUT2D eigenvalue weighted by molar-refractivity contribution is 1.12. The Bertz CT molecular complexity index is 1180. The van der Waals surface area contributed by atoms with E-state index in [2.05, 4.69) is 137 Å². The van der Waals surface area contributed by atoms with Crippen LogP contribution in [0.4, 0.5) is 0 Å². The average molecular weight is 564 g/mol. The largest absolute Gasteiger partial charge is 0.172 e. The summed E-state index contributed by atoms with van der Waals surface area (Å²) >= 11 is 2.37. The minimum absolute atomic E-state index is 0.136. The van der Waals surface area contributed by atoms with E-state index in [1.165, 1.54) is 62.8 Å². The van der Waals surface area contributed by atoms with Gasteiger partial charge in [0.25, 0.3) is 0 Å². The topological polar surface area (TPSA) is 0 Å². The molecule has 0 unspecified atom stereocenters. The molecular formula is C31H32IS+. The number of aryl methyl sites for hydroxylation is 6. The Kier molecular flexibility index (Phi) is 7.35. The Morgan fingerprint density at radius 2 is 0.909 bits per heavy atom. The van der Waals surface area contributed by atoms with Crippen LogP contribution in [0, 0.1) is 45.1 Å². The highest BCUT2D eigenvalue weighted by Crippen LogP contribution is 2.39. The maximum Gasteiger partial charge on any atom is 0.172 e. The lowest BCUT2D eigenvalue weighted by atomic mass is 10.1. The first-order valence-corrected chi connectivity index (χ1v) is 13.8. The van der Waals surface area contributed by atoms with Crippen LogP contribution in [0.3, 0.4) is 0 Å². The van der Waals surface area contributed by atoms with E-state index in [1.54, 1.807) is 0 Å². The third-order valence-electron chi connectivity index (χ3n) is 6.10. The second-order valence-corrected chi connectivity index (χ2v) is 12.4. The molecule has 33 heavy (non-hydrogen) atoms. The molecule has 0 nitrogen and oxygen atoms in total. The number of hydrogen-bond acceptors (Lipinski definition) is 0. The molecule has 0 saturated carbocycles. The van der Waals surface area contributed by atoms with E-state index in [-0.39, 0.29) is 10.9 Å². The zero-order valence-electron chi connectivity index (χ0n) is 20.4. The molecule has 0 aromatic heterocycles. The van der Waals surface area contributed by atoms with Crippen LogP contribution >= 0.6 is 22.6 Å². The highest BCUT2D eigenvalue weighted by molar-refractivity contribution is 14.1. The maximum atomic E-state index is 2.37. The molecule has 0 amide bonds. The van der Waals surface area contributed by atoms with Crippen LogP contribution in [0.25, 0.3) is 0 Å². The molecule has 2 heteroatoms. The van der Waals surface area contributed by atoms with E-state index in [9.17, 15) is 0 Å². The van der Waals surface area contributed by atoms with E-state index >= 15 is 0 Å². The van der Waals surface area contributed by atoms with E-state index < -0.39 is 0 Å². The van der Waals surface area contributed by atoms with Gasteiger partial charge in [0.1, 0.15) is 10.9 Å². The van der Waals surface area contributed by atoms with Crippen LogP contribution in [0.1, 0.15) is 44.5 Å². The summed E-state index contributed by atoms with van der Waals surface area (Å²) in [6, 6.07) is 27.6. The number of hydrogen-bond donors (Lipinski definition) is 0. The van der Waals surface area contributed by atoms with Gasteiger partial charge in [0.15, 0.2) is 14.7 Å². The summed E-state index contributed by atoms with van der Waals surface area (Å²) < 4.78 is 1.28. The van der Waals surface area contributed by atoms with E-state index in [4.69, 9.17) is 0 Å². The molecule has 0 aliphatic carbocycles. The minimum Gasteiger partial charge on any atom is -0.0577 e. The second kappa shape index (κ2) is 10.1. The van der Waals surface area contributed by atoms with Crippen molar-refractivity contribution in [3.63, 3.8) is 0 Å². The fraction of sp³-hybridized carbons (Fsp3) is 0.226. The van der Waals surface area contributed by atoms with Crippen LogP contribution in [0.2, 0.25) is 0 Å². The fourth-order valence-electron chi connectivity index (χ4n) is 4.90. The molecule has 0 radical (unpaired) electrons. The van der Waals surface area contributed by atoms with E-state index in [0.29, 0.717) is 0 Å². The van der Waals surface area contributed by atoms with Crippen LogP contribution in [0.5, 0.6) is 0 Å². The number of halogens is 1. The van der Waals surface area contributed by atoms with Gasteiger partial charge in [0.2, 0.25) is 0 Å². The average Bonchev–Trinajstić information content (AvgIpc) is 2.73. The van der Waals surface area contributed by atoms with Crippen molar-refractivity contribution in [2.24, 2.45) is 0 Å². The predicted molar refractivity (Wildman–Crippen MR) is 152 cm³/mol. The Balaban J connectivity index is 1.81. The molecule has 0 aliphatic rings. The van der Waals surface area contributed by atoms with Gasteiger partial charge in [-0.25, -0.2) is 0 Å². The molecule has 0 spiro atoms. The summed E-state index contributed by atoms with van der Waals surface area (Å²) in [7, 11) is -0.136. The monoisotopic (exact) mass is 563 g/mol. The molecular weight excluding hydrogens is 531 g/mol. The van der Waals surface area contributed by atoms with Gasteiger partial charge in [0, 0.05) is 25.8 Å². The summed E-state index contributed by atoms with van der Waals surface area (Å²) in [6.45, 7) is 13.5. The van der Waals surface area contributed by atoms with Crippen molar-refractivity contribution in [1.82, 2.24) is 0 Å². The Morgan fingerprint density at radius 1 is 0.545 bits per heavy atom. The van der Waals surface area contributed by atoms with Gasteiger partial charge in [-0.2, -0.15) is 0 Å². The Morgan fingerprint density at radius 3 is 1.30 bits per heavy atom. The smallest absolute Gasteiger partial charge is 0.0577 e. The van der Waals surface area contributed by atoms with Crippen LogP contribution in [-0.4, -0.2) is 0 Å². The number of rotatable bonds is 5. The Hall–Kier alpha value is -2.04. The van der Waals surface area contributed by atoms with Crippen molar-refractivity contribution in [3.8, 4) is 0 Å². The third-order valence-corrected chi connectivity index (χ3v) is 9.67. The van der Waals surface area contributed by atoms with Crippen molar-refractivity contribution in [3.05, 3.63) is 121 Å². The SMILES string of the molecule is Cc1cc(C)c([S+](c2ccc(Cc3ccc(I)cc3)cc2)c2c(C)cc(C)cc2C)c(C)c1. The third kappa shape index (κ3) is 5.38. The molecule has 0 heterocycles. The van der Waals surface area contributed by atoms with Crippen molar-refractivity contribution in [2.75, 3.05) is 0 Å². The van der Waals surface area contributed by atoms with Crippen molar-refractivity contribution < 1.29 is 0 Å². The van der Waals surface area contributed by atoms with Gasteiger partial charge in [0.05, 0.1) is 0 Å². The Labute approximate surface area is 216 Å². The van der Waals surface area contributed by atoms with Crippen molar-refractivity contribution in [2.45, 2.75) is 62.6 Å². The lowest BCUT2D eigenvalue weighted by Gasteiger charge is -2.17. The first kappa shape index (κ1) is 24.1. The molecule has 0 bridgehead atoms. The number of benzene rings is 4. The summed E-state index contributed by atoms with van der Waals surface area (Å²) in [6.07, 6.45) is 0.968. The predicted octanol–water partition coefficient (Wildman–Crippen LogP) is 8.83. The molecule has 4 rings (SSSR count). The quantitative estimate of drug-likeness (QED) is 0.168. The summed E-state index contributed by atoms with van der Waals surface area (Å²) in [5, 5.41) is 0. The van der Waals surface area contributed by atoms with Crippen molar-refractivity contribution in [1.29, 1.82) is 0 Å². The minimum atomic E-state index is -0.136. The maximum absolute atomic E-state index is 2.37. The van der Waals surface area contributed by atoms with Crippen LogP contribution in [-0.2, 0) is 17.3 Å². The van der Waals surface area contributed by atoms with E-state index in [0.717, 1.165) is 6.42 Å². The molecule has 4 aromatic carbocycles. The van der Waals surface area contributed by atoms with Gasteiger partial charge in [-0.1, -0.05) is 59.7 Å². The highest BCUT2D eigenvalue weighted by Gasteiger charge is 2.35. The standard InChI is InChI=1S/C31H32IS/c1-20-15-22(3)30(23(4)16-20)33(31-24(5)17-21(2)18-25(31)6)29-13-9-27(10-14-29)19-26-7-11-28(32)12-8-26/h7-18H,19H2,1-6H3/q+1. The first-order chi connectivity index (χ1) is 15.7. The van der Waals surface area contributed by atoms with Crippen LogP contribution in [0.15, 0.2) is 87.5 Å². The van der Waals surface area contributed by atoms with E-state index in [1.807, 2.05) is 0 Å².